The lowest BCUT2D eigenvalue weighted by molar-refractivity contribution is -0.303. The van der Waals surface area contributed by atoms with E-state index >= 15 is 0 Å². The fourth-order valence-corrected chi connectivity index (χ4v) is 5.99. The second-order valence-electron chi connectivity index (χ2n) is 13.6. The standard InChI is InChI=1S/C36H63N5O7/c1-23(2)13-11-14-24(3)15-12-16-25(4)18-20-41-19-10-8-9-17-26(37)34(44)47-31-27(38)21-28(39-6)32(29(31)42)48-35-30(43)33(40-7)36(5,45)22-46-35/h13,15,18,20,26-35,39-40,42-45H,9,11-12,14,16-17,19,21-22,37-38H2,1-7H3/b24-15+,25-18+,41-20?. The number of aliphatic hydroxyl groups is 4. The van der Waals surface area contributed by atoms with Gasteiger partial charge >= 0.3 is 0 Å². The van der Waals surface area contributed by atoms with Crippen LogP contribution in [0.15, 0.2) is 39.9 Å². The molecule has 48 heavy (non-hydrogen) atoms. The monoisotopic (exact) mass is 677 g/mol. The van der Waals surface area contributed by atoms with Crippen molar-refractivity contribution in [1.29, 1.82) is 0 Å². The molecule has 1 saturated heterocycles. The smallest absolute Gasteiger partial charge is 0.185 e. The maximum Gasteiger partial charge on any atom is 0.185 e. The molecule has 1 heterocycles. The summed E-state index contributed by atoms with van der Waals surface area (Å²) in [5, 5.41) is 49.4. The number of allylic oxidation sites excluding steroid dienone is 6. The number of nitrogens with one attached hydrogen (secondary N) is 2. The van der Waals surface area contributed by atoms with E-state index in [4.69, 9.17) is 25.7 Å². The molecule has 11 unspecified atom stereocenters. The molecule has 0 bridgehead atoms. The van der Waals surface area contributed by atoms with Gasteiger partial charge in [0.25, 0.3) is 0 Å². The molecule has 0 aromatic heterocycles. The van der Waals surface area contributed by atoms with Crippen LogP contribution in [0.4, 0.5) is 0 Å². The lowest BCUT2D eigenvalue weighted by Crippen LogP contribution is -2.68. The Kier molecular flexibility index (Phi) is 18.7. The number of rotatable bonds is 17. The molecule has 10 N–H and O–H groups in total. The Labute approximate surface area is 288 Å². The van der Waals surface area contributed by atoms with E-state index in [1.807, 2.05) is 6.08 Å². The van der Waals surface area contributed by atoms with Gasteiger partial charge in [0.1, 0.15) is 30.0 Å². The van der Waals surface area contributed by atoms with Crippen LogP contribution in [0.5, 0.6) is 0 Å². The molecule has 12 nitrogen and oxygen atoms in total. The fraction of sp³-hybridized carbons (Fsp3) is 0.750. The van der Waals surface area contributed by atoms with E-state index < -0.39 is 66.8 Å². The first kappa shape index (κ1) is 42.2. The van der Waals surface area contributed by atoms with Gasteiger partial charge in [0.05, 0.1) is 25.2 Å². The topological polar surface area (TPSA) is 197 Å². The maximum atomic E-state index is 11.3. The molecule has 2 fully saturated rings. The highest BCUT2D eigenvalue weighted by Crippen LogP contribution is 2.31. The van der Waals surface area contributed by atoms with E-state index in [-0.39, 0.29) is 6.61 Å². The number of aliphatic imine (C=N–C) groups is 1. The number of likely N-dealkylation sites (N-methyl/N-ethyl adjacent to an activating group) is 2. The zero-order valence-electron chi connectivity index (χ0n) is 30.1. The minimum Gasteiger partial charge on any atom is -0.388 e. The Morgan fingerprint density at radius 2 is 1.73 bits per heavy atom. The SMILES string of the molecule is CNC1CC(N)C(OC(O)C(N)CCC#CCN=C/C=C(\C)CC/C=C(\C)CCC=C(C)C)C(O)C1OC1OCC(C)(O)C(NC)C1O. The van der Waals surface area contributed by atoms with E-state index in [9.17, 15) is 20.4 Å². The molecule has 0 radical (unpaired) electrons. The van der Waals surface area contributed by atoms with Crippen LogP contribution in [0.25, 0.3) is 0 Å². The number of aliphatic hydroxyl groups excluding tert-OH is 3. The summed E-state index contributed by atoms with van der Waals surface area (Å²) in [6.07, 6.45) is 6.87. The third kappa shape index (κ3) is 13.7. The molecule has 1 aliphatic heterocycles. The Hall–Kier alpha value is -1.99. The molecule has 274 valence electrons. The summed E-state index contributed by atoms with van der Waals surface area (Å²) in [4.78, 5) is 4.34. The van der Waals surface area contributed by atoms with Crippen molar-refractivity contribution in [2.75, 3.05) is 27.2 Å². The molecule has 2 aliphatic rings. The van der Waals surface area contributed by atoms with E-state index in [1.54, 1.807) is 27.2 Å². The van der Waals surface area contributed by atoms with Crippen LogP contribution < -0.4 is 22.1 Å². The van der Waals surface area contributed by atoms with Gasteiger partial charge in [-0.15, -0.1) is 5.92 Å². The number of hydrogen-bond donors (Lipinski definition) is 8. The highest BCUT2D eigenvalue weighted by molar-refractivity contribution is 5.72. The van der Waals surface area contributed by atoms with Gasteiger partial charge in [-0.1, -0.05) is 34.8 Å². The van der Waals surface area contributed by atoms with E-state index in [2.05, 4.69) is 67.3 Å². The van der Waals surface area contributed by atoms with Crippen molar-refractivity contribution in [1.82, 2.24) is 10.6 Å². The molecule has 0 aromatic carbocycles. The van der Waals surface area contributed by atoms with Gasteiger partial charge in [0, 0.05) is 24.7 Å². The summed E-state index contributed by atoms with van der Waals surface area (Å²) in [6.45, 7) is 10.4. The number of ether oxygens (including phenoxy) is 3. The van der Waals surface area contributed by atoms with Gasteiger partial charge < -0.3 is 56.7 Å². The number of hydrogen-bond acceptors (Lipinski definition) is 12. The summed E-state index contributed by atoms with van der Waals surface area (Å²) in [7, 11) is 3.34. The van der Waals surface area contributed by atoms with Crippen molar-refractivity contribution in [3.63, 3.8) is 0 Å². The molecule has 11 atom stereocenters. The molecule has 0 spiro atoms. The molecule has 1 saturated carbocycles. The Morgan fingerprint density at radius 1 is 1.04 bits per heavy atom. The van der Waals surface area contributed by atoms with Crippen LogP contribution in [0, 0.1) is 11.8 Å². The zero-order valence-corrected chi connectivity index (χ0v) is 30.1. The molecule has 0 aromatic rings. The quantitative estimate of drug-likeness (QED) is 0.0480. The third-order valence-electron chi connectivity index (χ3n) is 8.97. The summed E-state index contributed by atoms with van der Waals surface area (Å²) in [6, 6.07) is -2.50. The molecule has 12 heteroatoms. The third-order valence-corrected chi connectivity index (χ3v) is 8.97. The van der Waals surface area contributed by atoms with E-state index in [1.165, 1.54) is 16.7 Å². The van der Waals surface area contributed by atoms with Crippen LogP contribution in [-0.2, 0) is 14.2 Å². The second kappa shape index (κ2) is 21.3. The van der Waals surface area contributed by atoms with Crippen LogP contribution in [0.3, 0.4) is 0 Å². The van der Waals surface area contributed by atoms with E-state index in [0.717, 1.165) is 25.7 Å². The fourth-order valence-electron chi connectivity index (χ4n) is 5.99. The van der Waals surface area contributed by atoms with Crippen molar-refractivity contribution in [3.8, 4) is 11.8 Å². The average molecular weight is 678 g/mol. The highest BCUT2D eigenvalue weighted by Gasteiger charge is 2.50. The molecular weight excluding hydrogens is 614 g/mol. The average Bonchev–Trinajstić information content (AvgIpc) is 3.02. The van der Waals surface area contributed by atoms with Crippen molar-refractivity contribution in [2.24, 2.45) is 16.5 Å². The molecule has 0 amide bonds. The molecular formula is C36H63N5O7. The second-order valence-corrected chi connectivity index (χ2v) is 13.6. The maximum absolute atomic E-state index is 11.3. The van der Waals surface area contributed by atoms with Gasteiger partial charge in [-0.2, -0.15) is 0 Å². The Balaban J connectivity index is 1.80. The van der Waals surface area contributed by atoms with Gasteiger partial charge in [-0.3, -0.25) is 4.99 Å². The summed E-state index contributed by atoms with van der Waals surface area (Å²) in [5.41, 5.74) is 15.3. The predicted octanol–water partition coefficient (Wildman–Crippen LogP) is 1.41. The van der Waals surface area contributed by atoms with Crippen molar-refractivity contribution < 1.29 is 34.6 Å². The van der Waals surface area contributed by atoms with Crippen LogP contribution in [0.1, 0.15) is 79.6 Å². The number of nitrogens with two attached hydrogens (primary N) is 2. The van der Waals surface area contributed by atoms with Crippen LogP contribution in [0.2, 0.25) is 0 Å². The lowest BCUT2D eigenvalue weighted by Gasteiger charge is -2.48. The predicted molar refractivity (Wildman–Crippen MR) is 190 cm³/mol. The van der Waals surface area contributed by atoms with Crippen LogP contribution >= 0.6 is 0 Å². The lowest BCUT2D eigenvalue weighted by atomic mass is 9.83. The molecule has 1 aliphatic carbocycles. The first-order valence-corrected chi connectivity index (χ1v) is 17.2. The van der Waals surface area contributed by atoms with Crippen molar-refractivity contribution >= 4 is 6.21 Å². The normalized spacial score (nSPS) is 32.9. The van der Waals surface area contributed by atoms with Crippen LogP contribution in [-0.4, -0.2) is 121 Å². The molecule has 2 rings (SSSR count). The summed E-state index contributed by atoms with van der Waals surface area (Å²) in [5.74, 6) is 6.03. The first-order chi connectivity index (χ1) is 22.7. The van der Waals surface area contributed by atoms with Gasteiger partial charge in [-0.05, 0) is 93.3 Å². The number of nitrogens with zero attached hydrogens (tertiary/aromatic N) is 1. The Morgan fingerprint density at radius 3 is 2.40 bits per heavy atom. The minimum absolute atomic E-state index is 0.0816. The van der Waals surface area contributed by atoms with Crippen molar-refractivity contribution in [2.45, 2.75) is 146 Å². The Bertz CT molecular complexity index is 1140. The first-order valence-electron chi connectivity index (χ1n) is 17.2. The zero-order chi connectivity index (χ0) is 35.9. The van der Waals surface area contributed by atoms with Gasteiger partial charge in [-0.25, -0.2) is 0 Å². The minimum atomic E-state index is -1.40. The highest BCUT2D eigenvalue weighted by atomic mass is 16.7. The van der Waals surface area contributed by atoms with E-state index in [0.29, 0.717) is 25.8 Å². The summed E-state index contributed by atoms with van der Waals surface area (Å²) >= 11 is 0. The summed E-state index contributed by atoms with van der Waals surface area (Å²) < 4.78 is 17.5. The largest absolute Gasteiger partial charge is 0.388 e. The van der Waals surface area contributed by atoms with Gasteiger partial charge in [0.15, 0.2) is 12.6 Å². The van der Waals surface area contributed by atoms with Crippen molar-refractivity contribution in [3.05, 3.63) is 34.9 Å². The van der Waals surface area contributed by atoms with Gasteiger partial charge in [0.2, 0.25) is 0 Å².